The first-order valence-electron chi connectivity index (χ1n) is 9.99. The molecule has 0 bridgehead atoms. The van der Waals surface area contributed by atoms with E-state index in [-0.39, 0.29) is 19.0 Å². The molecule has 8 heteroatoms. The van der Waals surface area contributed by atoms with Crippen molar-refractivity contribution < 1.29 is 19.8 Å². The first kappa shape index (κ1) is 22.6. The van der Waals surface area contributed by atoms with Crippen LogP contribution in [0, 0.1) is 11.8 Å². The summed E-state index contributed by atoms with van der Waals surface area (Å²) in [6.07, 6.45) is 2.85. The number of aliphatic hydroxyl groups is 1. The summed E-state index contributed by atoms with van der Waals surface area (Å²) in [4.78, 5) is 30.3. The SMILES string of the molecule is O=C(c1cccc2cc[nH]c12)N1CCCN(Cc2cc(C#CCO)cs2)CC1.O=CO. The molecular formula is C23H25N3O4S. The molecule has 162 valence electrons. The van der Waals surface area contributed by atoms with Crippen LogP contribution in [0.25, 0.3) is 10.9 Å². The topological polar surface area (TPSA) is 96.9 Å². The number of nitrogens with zero attached hydrogens (tertiary/aromatic N) is 2. The summed E-state index contributed by atoms with van der Waals surface area (Å²) in [6.45, 7) is 3.87. The summed E-state index contributed by atoms with van der Waals surface area (Å²) in [7, 11) is 0. The molecule has 0 aliphatic carbocycles. The molecular weight excluding hydrogens is 414 g/mol. The summed E-state index contributed by atoms with van der Waals surface area (Å²) < 4.78 is 0. The first-order valence-corrected chi connectivity index (χ1v) is 10.9. The molecule has 1 amide bonds. The number of hydrogen-bond acceptors (Lipinski definition) is 5. The van der Waals surface area contributed by atoms with Crippen molar-refractivity contribution in [3.63, 3.8) is 0 Å². The van der Waals surface area contributed by atoms with E-state index in [0.29, 0.717) is 0 Å². The Morgan fingerprint density at radius 2 is 2.06 bits per heavy atom. The Balaban J connectivity index is 0.000000858. The zero-order chi connectivity index (χ0) is 22.1. The summed E-state index contributed by atoms with van der Waals surface area (Å²) in [5.74, 6) is 5.75. The van der Waals surface area contributed by atoms with Gasteiger partial charge < -0.3 is 20.1 Å². The van der Waals surface area contributed by atoms with E-state index >= 15 is 0 Å². The number of aromatic amines is 1. The van der Waals surface area contributed by atoms with Crippen LogP contribution in [0.4, 0.5) is 0 Å². The number of carbonyl (C=O) groups excluding carboxylic acids is 1. The lowest BCUT2D eigenvalue weighted by atomic mass is 10.1. The molecule has 3 heterocycles. The van der Waals surface area contributed by atoms with E-state index in [1.807, 2.05) is 40.7 Å². The Bertz CT molecular complexity index is 1080. The van der Waals surface area contributed by atoms with Gasteiger partial charge in [-0.25, -0.2) is 0 Å². The molecule has 2 aromatic heterocycles. The van der Waals surface area contributed by atoms with Gasteiger partial charge in [0.05, 0.1) is 11.1 Å². The number of nitrogens with one attached hydrogen (secondary N) is 1. The van der Waals surface area contributed by atoms with Crippen molar-refractivity contribution in [3.05, 3.63) is 57.9 Å². The molecule has 0 atom stereocenters. The Hall–Kier alpha value is -3.12. The van der Waals surface area contributed by atoms with E-state index in [9.17, 15) is 4.79 Å². The third-order valence-electron chi connectivity index (χ3n) is 5.04. The van der Waals surface area contributed by atoms with Crippen LogP contribution < -0.4 is 0 Å². The van der Waals surface area contributed by atoms with E-state index in [0.717, 1.165) is 61.2 Å². The van der Waals surface area contributed by atoms with Crippen LogP contribution in [0.5, 0.6) is 0 Å². The second-order valence-corrected chi connectivity index (χ2v) is 8.03. The summed E-state index contributed by atoms with van der Waals surface area (Å²) in [5.41, 5.74) is 2.63. The number of amides is 1. The van der Waals surface area contributed by atoms with Gasteiger partial charge in [-0.2, -0.15) is 0 Å². The fourth-order valence-electron chi connectivity index (χ4n) is 3.66. The van der Waals surface area contributed by atoms with Crippen LogP contribution in [0.15, 0.2) is 41.9 Å². The van der Waals surface area contributed by atoms with Crippen LogP contribution in [0.1, 0.15) is 27.2 Å². The Morgan fingerprint density at radius 3 is 2.87 bits per heavy atom. The van der Waals surface area contributed by atoms with Gasteiger partial charge in [0.1, 0.15) is 6.61 Å². The second-order valence-electron chi connectivity index (χ2n) is 7.04. The Kier molecular flexibility index (Phi) is 8.24. The molecule has 3 N–H and O–H groups in total. The van der Waals surface area contributed by atoms with E-state index in [1.54, 1.807) is 11.3 Å². The molecule has 1 aliphatic heterocycles. The lowest BCUT2D eigenvalue weighted by Gasteiger charge is -2.22. The van der Waals surface area contributed by atoms with Crippen molar-refractivity contribution >= 4 is 34.6 Å². The third-order valence-corrected chi connectivity index (χ3v) is 5.96. The van der Waals surface area contributed by atoms with Gasteiger partial charge >= 0.3 is 0 Å². The van der Waals surface area contributed by atoms with E-state index in [2.05, 4.69) is 27.8 Å². The largest absolute Gasteiger partial charge is 0.483 e. The minimum Gasteiger partial charge on any atom is -0.483 e. The molecule has 4 rings (SSSR count). The maximum absolute atomic E-state index is 13.1. The predicted molar refractivity (Wildman–Crippen MR) is 121 cm³/mol. The molecule has 1 aliphatic rings. The highest BCUT2D eigenvalue weighted by Crippen LogP contribution is 2.21. The number of rotatable bonds is 3. The number of aliphatic hydroxyl groups excluding tert-OH is 1. The quantitative estimate of drug-likeness (QED) is 0.431. The van der Waals surface area contributed by atoms with Gasteiger partial charge in [0.15, 0.2) is 0 Å². The van der Waals surface area contributed by atoms with Gasteiger partial charge in [0, 0.05) is 60.1 Å². The molecule has 7 nitrogen and oxygen atoms in total. The number of carboxylic acid groups (broad SMARTS) is 1. The summed E-state index contributed by atoms with van der Waals surface area (Å²) >= 11 is 1.70. The van der Waals surface area contributed by atoms with Crippen LogP contribution in [-0.4, -0.2) is 70.2 Å². The zero-order valence-corrected chi connectivity index (χ0v) is 17.9. The molecule has 1 aromatic carbocycles. The lowest BCUT2D eigenvalue weighted by Crippen LogP contribution is -2.35. The van der Waals surface area contributed by atoms with Crippen molar-refractivity contribution in [2.24, 2.45) is 0 Å². The van der Waals surface area contributed by atoms with Crippen LogP contribution in [-0.2, 0) is 11.3 Å². The van der Waals surface area contributed by atoms with Gasteiger partial charge in [-0.15, -0.1) is 11.3 Å². The maximum Gasteiger partial charge on any atom is 0.290 e. The van der Waals surface area contributed by atoms with Gasteiger partial charge in [0.25, 0.3) is 12.4 Å². The van der Waals surface area contributed by atoms with Crippen LogP contribution in [0.3, 0.4) is 0 Å². The molecule has 0 unspecified atom stereocenters. The van der Waals surface area contributed by atoms with Gasteiger partial charge in [-0.1, -0.05) is 24.0 Å². The summed E-state index contributed by atoms with van der Waals surface area (Å²) in [6, 6.07) is 9.96. The molecule has 1 fully saturated rings. The van der Waals surface area contributed by atoms with Crippen LogP contribution in [0.2, 0.25) is 0 Å². The molecule has 0 spiro atoms. The second kappa shape index (κ2) is 11.3. The van der Waals surface area contributed by atoms with Gasteiger partial charge in [0.2, 0.25) is 0 Å². The number of fused-ring (bicyclic) bond motifs is 1. The lowest BCUT2D eigenvalue weighted by molar-refractivity contribution is -0.122. The fourth-order valence-corrected chi connectivity index (χ4v) is 4.51. The Morgan fingerprint density at radius 1 is 1.23 bits per heavy atom. The van der Waals surface area contributed by atoms with Crippen molar-refractivity contribution in [1.82, 2.24) is 14.8 Å². The molecule has 3 aromatic rings. The van der Waals surface area contributed by atoms with E-state index < -0.39 is 0 Å². The highest BCUT2D eigenvalue weighted by molar-refractivity contribution is 7.10. The fraction of sp³-hybridized carbons (Fsp3) is 0.304. The van der Waals surface area contributed by atoms with E-state index in [1.165, 1.54) is 4.88 Å². The number of carbonyl (C=O) groups is 2. The highest BCUT2D eigenvalue weighted by Gasteiger charge is 2.22. The minimum absolute atomic E-state index is 0.104. The minimum atomic E-state index is -0.250. The van der Waals surface area contributed by atoms with Gasteiger partial charge in [-0.05, 0) is 24.6 Å². The summed E-state index contributed by atoms with van der Waals surface area (Å²) in [5, 5.41) is 18.8. The molecule has 0 saturated carbocycles. The average molecular weight is 440 g/mol. The van der Waals surface area contributed by atoms with Crippen molar-refractivity contribution in [1.29, 1.82) is 0 Å². The smallest absolute Gasteiger partial charge is 0.290 e. The normalized spacial score (nSPS) is 14.2. The van der Waals surface area contributed by atoms with Crippen LogP contribution >= 0.6 is 11.3 Å². The number of aromatic nitrogens is 1. The monoisotopic (exact) mass is 439 g/mol. The van der Waals surface area contributed by atoms with Crippen molar-refractivity contribution in [3.8, 4) is 11.8 Å². The van der Waals surface area contributed by atoms with E-state index in [4.69, 9.17) is 15.0 Å². The van der Waals surface area contributed by atoms with Gasteiger partial charge in [-0.3, -0.25) is 14.5 Å². The van der Waals surface area contributed by atoms with Crippen molar-refractivity contribution in [2.45, 2.75) is 13.0 Å². The number of benzene rings is 1. The molecule has 1 saturated heterocycles. The number of hydrogen-bond donors (Lipinski definition) is 3. The maximum atomic E-state index is 13.1. The Labute approximate surface area is 184 Å². The standard InChI is InChI=1S/C22H23N3O2S.CH2O2/c26-13-2-4-17-14-19(28-16-17)15-24-9-3-10-25(12-11-24)22(27)20-6-1-5-18-7-8-23-21(18)20;2-1-3/h1,5-8,14,16,23,26H,3,9-13,15H2;1H,(H,2,3). The average Bonchev–Trinajstić information content (AvgIpc) is 3.37. The first-order chi connectivity index (χ1) is 15.2. The third kappa shape index (κ3) is 5.95. The highest BCUT2D eigenvalue weighted by atomic mass is 32.1. The predicted octanol–water partition coefficient (Wildman–Crippen LogP) is 2.62. The molecule has 0 radical (unpaired) electrons. The number of thiophene rings is 1. The molecule has 31 heavy (non-hydrogen) atoms. The van der Waals surface area contributed by atoms with Crippen molar-refractivity contribution in [2.75, 3.05) is 32.8 Å². The number of H-pyrrole nitrogens is 1. The zero-order valence-electron chi connectivity index (χ0n) is 17.1. The number of para-hydroxylation sites is 1.